The van der Waals surface area contributed by atoms with Gasteiger partial charge < -0.3 is 29.8 Å². The molecule has 0 spiro atoms. The van der Waals surface area contributed by atoms with E-state index in [2.05, 4.69) is 25.9 Å². The van der Waals surface area contributed by atoms with Crippen LogP contribution in [-0.2, 0) is 11.3 Å². The standard InChI is InChI=1S/C25H28BrN7O5S/c26-15-10-17-18(38-13-37-17)11-19(15)39-24-29-20-21(27)28-12-32(22(20)30-24)9-5-14-3-7-31(8-4-14)23(34)16-2-1-6-33(16)25(35)36/h10-12,14,16H,1-9,13,27H2,(H,35,36)/t16-/m0/s1. The average molecular weight is 619 g/mol. The van der Waals surface area contributed by atoms with Gasteiger partial charge in [-0.2, -0.15) is 0 Å². The molecule has 2 fully saturated rings. The van der Waals surface area contributed by atoms with Gasteiger partial charge in [0.1, 0.15) is 6.04 Å². The SMILES string of the molecule is Nc1ncn(CCC2CCN(C(=O)[C@@H]3CCCN3C(=O)O)CC2)c2nc(Sc3cc4c(cc3Br)OCO4)nc1-2. The first-order valence-corrected chi connectivity index (χ1v) is 14.5. The highest BCUT2D eigenvalue weighted by molar-refractivity contribution is 9.10. The van der Waals surface area contributed by atoms with E-state index in [4.69, 9.17) is 20.2 Å². The molecule has 3 N–H and O–H groups in total. The Morgan fingerprint density at radius 1 is 1.13 bits per heavy atom. The maximum absolute atomic E-state index is 13.0. The van der Waals surface area contributed by atoms with E-state index in [0.717, 1.165) is 35.1 Å². The van der Waals surface area contributed by atoms with E-state index in [-0.39, 0.29) is 12.7 Å². The number of benzene rings is 1. The zero-order valence-corrected chi connectivity index (χ0v) is 23.5. The van der Waals surface area contributed by atoms with Gasteiger partial charge in [-0.3, -0.25) is 9.69 Å². The minimum atomic E-state index is -1.01. The van der Waals surface area contributed by atoms with Crippen LogP contribution in [0.5, 0.6) is 11.5 Å². The highest BCUT2D eigenvalue weighted by atomic mass is 79.9. The summed E-state index contributed by atoms with van der Waals surface area (Å²) in [5, 5.41) is 9.94. The molecule has 6 rings (SSSR count). The minimum absolute atomic E-state index is 0.0571. The Morgan fingerprint density at radius 3 is 2.67 bits per heavy atom. The predicted octanol–water partition coefficient (Wildman–Crippen LogP) is 3.77. The molecule has 1 atom stereocenters. The second kappa shape index (κ2) is 10.7. The monoisotopic (exact) mass is 617 g/mol. The lowest BCUT2D eigenvalue weighted by Crippen LogP contribution is -2.49. The molecule has 2 amide bonds. The summed E-state index contributed by atoms with van der Waals surface area (Å²) in [7, 11) is 0. The maximum atomic E-state index is 13.0. The molecule has 14 heteroatoms. The fraction of sp³-hybridized carbons (Fsp3) is 0.480. The van der Waals surface area contributed by atoms with Gasteiger partial charge in [0.05, 0.1) is 6.33 Å². The lowest BCUT2D eigenvalue weighted by molar-refractivity contribution is -0.136. The first-order valence-electron chi connectivity index (χ1n) is 12.9. The Bertz CT molecular complexity index is 1380. The highest BCUT2D eigenvalue weighted by Crippen LogP contribution is 2.43. The number of likely N-dealkylation sites (tertiary alicyclic amines) is 2. The first-order chi connectivity index (χ1) is 18.9. The normalized spacial score (nSPS) is 19.3. The molecule has 0 radical (unpaired) electrons. The van der Waals surface area contributed by atoms with Crippen molar-refractivity contribution in [3.63, 3.8) is 0 Å². The van der Waals surface area contributed by atoms with Crippen LogP contribution in [-0.4, -0.2) is 78.9 Å². The molecule has 0 aliphatic carbocycles. The number of hydrogen-bond acceptors (Lipinski definition) is 9. The Morgan fingerprint density at radius 2 is 1.90 bits per heavy atom. The van der Waals surface area contributed by atoms with Gasteiger partial charge in [0.2, 0.25) is 12.7 Å². The largest absolute Gasteiger partial charge is 0.465 e. The molecule has 206 valence electrons. The number of piperidine rings is 1. The number of carbonyl (C=O) groups is 2. The molecule has 5 heterocycles. The number of aromatic nitrogens is 4. The van der Waals surface area contributed by atoms with Crippen LogP contribution in [0.15, 0.2) is 33.0 Å². The number of aryl methyl sites for hydroxylation is 1. The molecule has 0 saturated carbocycles. The summed E-state index contributed by atoms with van der Waals surface area (Å²) in [6, 6.07) is 3.24. The number of halogens is 1. The van der Waals surface area contributed by atoms with Gasteiger partial charge in [0.25, 0.3) is 0 Å². The number of imidazole rings is 1. The summed E-state index contributed by atoms with van der Waals surface area (Å²) >= 11 is 4.99. The molecular weight excluding hydrogens is 590 g/mol. The summed E-state index contributed by atoms with van der Waals surface area (Å²) in [6.07, 6.45) is 4.69. The van der Waals surface area contributed by atoms with Crippen molar-refractivity contribution in [2.75, 3.05) is 32.2 Å². The predicted molar refractivity (Wildman–Crippen MR) is 145 cm³/mol. The van der Waals surface area contributed by atoms with E-state index >= 15 is 0 Å². The van der Waals surface area contributed by atoms with Gasteiger partial charge in [-0.15, -0.1) is 0 Å². The number of carbonyl (C=O) groups excluding carboxylic acids is 1. The van der Waals surface area contributed by atoms with Crippen LogP contribution in [0.2, 0.25) is 0 Å². The zero-order chi connectivity index (χ0) is 27.1. The van der Waals surface area contributed by atoms with Crippen molar-refractivity contribution in [1.82, 2.24) is 29.3 Å². The second-order valence-corrected chi connectivity index (χ2v) is 11.8. The van der Waals surface area contributed by atoms with Crippen LogP contribution in [0.1, 0.15) is 32.1 Å². The van der Waals surface area contributed by atoms with E-state index in [1.807, 2.05) is 21.6 Å². The Hall–Kier alpha value is -3.26. The van der Waals surface area contributed by atoms with E-state index in [0.29, 0.717) is 72.5 Å². The number of hydrogen-bond donors (Lipinski definition) is 2. The van der Waals surface area contributed by atoms with Crippen molar-refractivity contribution in [1.29, 1.82) is 0 Å². The van der Waals surface area contributed by atoms with Gasteiger partial charge in [-0.25, -0.2) is 19.7 Å². The molecule has 5 aliphatic heterocycles. The number of rotatable bonds is 6. The lowest BCUT2D eigenvalue weighted by atomic mass is 9.93. The van der Waals surface area contributed by atoms with Crippen molar-refractivity contribution >= 4 is 45.5 Å². The summed E-state index contributed by atoms with van der Waals surface area (Å²) in [5.41, 5.74) is 6.71. The van der Waals surface area contributed by atoms with Crippen molar-refractivity contribution < 1.29 is 24.2 Å². The van der Waals surface area contributed by atoms with Crippen LogP contribution in [0.3, 0.4) is 0 Å². The van der Waals surface area contributed by atoms with E-state index in [9.17, 15) is 14.7 Å². The van der Waals surface area contributed by atoms with E-state index in [1.54, 1.807) is 6.33 Å². The Balaban J connectivity index is 1.09. The zero-order valence-electron chi connectivity index (χ0n) is 21.1. The molecule has 0 aromatic heterocycles. The summed E-state index contributed by atoms with van der Waals surface area (Å²) in [4.78, 5) is 42.2. The molecule has 39 heavy (non-hydrogen) atoms. The summed E-state index contributed by atoms with van der Waals surface area (Å²) in [6.45, 7) is 2.63. The van der Waals surface area contributed by atoms with Gasteiger partial charge in [0, 0.05) is 35.5 Å². The van der Waals surface area contributed by atoms with Crippen molar-refractivity contribution in [2.24, 2.45) is 5.92 Å². The molecule has 0 unspecified atom stereocenters. The topological polar surface area (TPSA) is 149 Å². The third kappa shape index (κ3) is 5.19. The molecular formula is C25H28BrN7O5S. The molecule has 5 aliphatic rings. The molecule has 1 aromatic carbocycles. The number of carboxylic acid groups (broad SMARTS) is 1. The van der Waals surface area contributed by atoms with Crippen molar-refractivity contribution in [2.45, 2.75) is 54.7 Å². The molecule has 2 saturated heterocycles. The third-order valence-corrected chi connectivity index (χ3v) is 9.43. The number of anilines is 1. The number of nitrogens with zero attached hydrogens (tertiary/aromatic N) is 6. The minimum Gasteiger partial charge on any atom is -0.465 e. The summed E-state index contributed by atoms with van der Waals surface area (Å²) < 4.78 is 13.8. The number of nitrogen functional groups attached to an aromatic ring is 1. The van der Waals surface area contributed by atoms with Gasteiger partial charge >= 0.3 is 6.09 Å². The number of fused-ring (bicyclic) bond motifs is 2. The van der Waals surface area contributed by atoms with E-state index < -0.39 is 12.1 Å². The number of amides is 2. The van der Waals surface area contributed by atoms with Crippen LogP contribution in [0, 0.1) is 5.92 Å². The fourth-order valence-corrected chi connectivity index (χ4v) is 6.80. The Labute approximate surface area is 237 Å². The van der Waals surface area contributed by atoms with Gasteiger partial charge in [-0.05, 0) is 77.8 Å². The van der Waals surface area contributed by atoms with Crippen molar-refractivity contribution in [3.05, 3.63) is 22.9 Å². The van der Waals surface area contributed by atoms with Gasteiger partial charge in [0.15, 0.2) is 34.0 Å². The number of nitrogens with two attached hydrogens (primary N) is 1. The quantitative estimate of drug-likeness (QED) is 0.418. The number of ether oxygens (including phenoxy) is 2. The summed E-state index contributed by atoms with van der Waals surface area (Å²) in [5.74, 6) is 2.78. The highest BCUT2D eigenvalue weighted by Gasteiger charge is 2.37. The van der Waals surface area contributed by atoms with Crippen LogP contribution >= 0.6 is 27.7 Å². The van der Waals surface area contributed by atoms with Gasteiger partial charge in [-0.1, -0.05) is 0 Å². The van der Waals surface area contributed by atoms with Crippen LogP contribution < -0.4 is 15.2 Å². The maximum Gasteiger partial charge on any atom is 0.407 e. The van der Waals surface area contributed by atoms with E-state index in [1.165, 1.54) is 16.7 Å². The van der Waals surface area contributed by atoms with Crippen LogP contribution in [0.4, 0.5) is 10.6 Å². The van der Waals surface area contributed by atoms with Crippen LogP contribution in [0.25, 0.3) is 11.5 Å². The third-order valence-electron chi connectivity index (χ3n) is 7.59. The average Bonchev–Trinajstić information content (AvgIpc) is 3.68. The smallest absolute Gasteiger partial charge is 0.407 e. The first kappa shape index (κ1) is 26.0. The Kier molecular flexibility index (Phi) is 7.14. The second-order valence-electron chi connectivity index (χ2n) is 9.93. The molecule has 1 aromatic rings. The van der Waals surface area contributed by atoms with Crippen molar-refractivity contribution in [3.8, 4) is 23.0 Å². The lowest BCUT2D eigenvalue weighted by Gasteiger charge is -2.35. The fourth-order valence-electron chi connectivity index (χ4n) is 5.45. The molecule has 0 bridgehead atoms. The molecule has 12 nitrogen and oxygen atoms in total.